The molecule has 3 aromatic heterocycles. The van der Waals surface area contributed by atoms with Gasteiger partial charge in [-0.05, 0) is 38.0 Å². The molecule has 1 aliphatic rings. The number of hydrogen-bond donors (Lipinski definition) is 2. The average Bonchev–Trinajstić information content (AvgIpc) is 3.65. The van der Waals surface area contributed by atoms with Crippen LogP contribution in [0.3, 0.4) is 0 Å². The topological polar surface area (TPSA) is 122 Å². The maximum Gasteiger partial charge on any atom is 0.189 e. The van der Waals surface area contributed by atoms with Crippen LogP contribution >= 0.6 is 0 Å². The summed E-state index contributed by atoms with van der Waals surface area (Å²) in [6, 6.07) is 16.6. The minimum absolute atomic E-state index is 0.424. The van der Waals surface area contributed by atoms with Crippen LogP contribution in [0.1, 0.15) is 31.5 Å². The zero-order valence-corrected chi connectivity index (χ0v) is 21.2. The van der Waals surface area contributed by atoms with Crippen LogP contribution in [0.15, 0.2) is 59.4 Å². The molecule has 9 heteroatoms. The highest BCUT2D eigenvalue weighted by Crippen LogP contribution is 2.31. The van der Waals surface area contributed by atoms with Crippen LogP contribution in [0.5, 0.6) is 0 Å². The van der Waals surface area contributed by atoms with Gasteiger partial charge in [-0.1, -0.05) is 29.4 Å². The Morgan fingerprint density at radius 2 is 1.92 bits per heavy atom. The monoisotopic (exact) mass is 495 g/mol. The van der Waals surface area contributed by atoms with Crippen molar-refractivity contribution in [3.63, 3.8) is 0 Å². The maximum absolute atomic E-state index is 9.50. The van der Waals surface area contributed by atoms with E-state index in [4.69, 9.17) is 14.2 Å². The quantitative estimate of drug-likeness (QED) is 0.362. The molecule has 1 atom stereocenters. The third-order valence-electron chi connectivity index (χ3n) is 6.50. The Hall–Kier alpha value is -4.13. The smallest absolute Gasteiger partial charge is 0.189 e. The SMILES string of the molecule is CNc1ncc(-c2ccnc(C(C)(C)C#N)c2)nc1-c1cc(-c2ccc(CNC3CCOC3)cc2)no1. The van der Waals surface area contributed by atoms with Gasteiger partial charge >= 0.3 is 0 Å². The first-order chi connectivity index (χ1) is 18.0. The predicted octanol–water partition coefficient (Wildman–Crippen LogP) is 4.58. The van der Waals surface area contributed by atoms with Crippen molar-refractivity contribution in [3.05, 3.63) is 66.1 Å². The molecule has 188 valence electrons. The number of benzene rings is 1. The van der Waals surface area contributed by atoms with Gasteiger partial charge in [0.25, 0.3) is 0 Å². The van der Waals surface area contributed by atoms with Crippen molar-refractivity contribution in [2.24, 2.45) is 0 Å². The number of nitrogens with zero attached hydrogens (tertiary/aromatic N) is 5. The Kier molecular flexibility index (Phi) is 6.95. The van der Waals surface area contributed by atoms with Crippen molar-refractivity contribution in [3.8, 4) is 40.0 Å². The van der Waals surface area contributed by atoms with Gasteiger partial charge < -0.3 is 19.9 Å². The van der Waals surface area contributed by atoms with Crippen molar-refractivity contribution in [1.82, 2.24) is 25.4 Å². The molecule has 0 bridgehead atoms. The van der Waals surface area contributed by atoms with Crippen molar-refractivity contribution in [1.29, 1.82) is 5.26 Å². The largest absolute Gasteiger partial charge is 0.380 e. The minimum atomic E-state index is -0.715. The standard InChI is InChI=1S/C28H29N7O2/c1-28(2,17-29)25-12-20(8-10-31-25)23-15-33-27(30-3)26(34-23)24-13-22(35-37-24)19-6-4-18(5-7-19)14-32-21-9-11-36-16-21/h4-8,10,12-13,15,21,32H,9,11,14,16H2,1-3H3,(H,30,33). The van der Waals surface area contributed by atoms with E-state index >= 15 is 0 Å². The number of hydrogen-bond acceptors (Lipinski definition) is 9. The van der Waals surface area contributed by atoms with Gasteiger partial charge in [0.2, 0.25) is 0 Å². The van der Waals surface area contributed by atoms with Crippen molar-refractivity contribution in [2.45, 2.75) is 38.3 Å². The van der Waals surface area contributed by atoms with E-state index < -0.39 is 5.41 Å². The third-order valence-corrected chi connectivity index (χ3v) is 6.50. The summed E-state index contributed by atoms with van der Waals surface area (Å²) in [5.74, 6) is 1.09. The van der Waals surface area contributed by atoms with Crippen LogP contribution in [0.2, 0.25) is 0 Å². The summed E-state index contributed by atoms with van der Waals surface area (Å²) in [7, 11) is 1.79. The fraction of sp³-hybridized carbons (Fsp3) is 0.321. The second-order valence-corrected chi connectivity index (χ2v) is 9.58. The number of ether oxygens (including phenoxy) is 1. The van der Waals surface area contributed by atoms with Crippen LogP contribution in [0, 0.1) is 11.3 Å². The van der Waals surface area contributed by atoms with E-state index in [1.165, 1.54) is 5.56 Å². The van der Waals surface area contributed by atoms with Gasteiger partial charge in [0.05, 0.1) is 35.7 Å². The van der Waals surface area contributed by atoms with Gasteiger partial charge in [0.15, 0.2) is 17.3 Å². The van der Waals surface area contributed by atoms with Crippen molar-refractivity contribution >= 4 is 5.82 Å². The second kappa shape index (κ2) is 10.5. The minimum Gasteiger partial charge on any atom is -0.380 e. The number of rotatable bonds is 8. The molecule has 5 rings (SSSR count). The molecule has 0 spiro atoms. The normalized spacial score (nSPS) is 15.5. The molecule has 1 aliphatic heterocycles. The Balaban J connectivity index is 1.39. The molecule has 4 heterocycles. The van der Waals surface area contributed by atoms with Crippen molar-refractivity contribution < 1.29 is 9.26 Å². The summed E-state index contributed by atoms with van der Waals surface area (Å²) in [4.78, 5) is 13.7. The number of anilines is 1. The summed E-state index contributed by atoms with van der Waals surface area (Å²) < 4.78 is 11.1. The van der Waals surface area contributed by atoms with E-state index in [2.05, 4.69) is 44.0 Å². The first kappa shape index (κ1) is 24.6. The molecule has 1 saturated heterocycles. The second-order valence-electron chi connectivity index (χ2n) is 9.58. The molecule has 0 amide bonds. The molecule has 1 fully saturated rings. The fourth-order valence-electron chi connectivity index (χ4n) is 4.15. The van der Waals surface area contributed by atoms with Gasteiger partial charge in [-0.3, -0.25) is 4.98 Å². The fourth-order valence-corrected chi connectivity index (χ4v) is 4.15. The molecule has 0 radical (unpaired) electrons. The lowest BCUT2D eigenvalue weighted by molar-refractivity contribution is 0.190. The van der Waals surface area contributed by atoms with E-state index in [1.54, 1.807) is 19.4 Å². The molecule has 1 aromatic carbocycles. The number of pyridine rings is 1. The number of nitriles is 1. The predicted molar refractivity (Wildman–Crippen MR) is 140 cm³/mol. The Morgan fingerprint density at radius 1 is 1.08 bits per heavy atom. The Morgan fingerprint density at radius 3 is 2.65 bits per heavy atom. The summed E-state index contributed by atoms with van der Waals surface area (Å²) >= 11 is 0. The summed E-state index contributed by atoms with van der Waals surface area (Å²) in [5.41, 5.74) is 4.85. The molecule has 2 N–H and O–H groups in total. The van der Waals surface area contributed by atoms with Gasteiger partial charge in [-0.15, -0.1) is 0 Å². The van der Waals surface area contributed by atoms with Gasteiger partial charge in [-0.2, -0.15) is 5.26 Å². The van der Waals surface area contributed by atoms with Crippen molar-refractivity contribution in [2.75, 3.05) is 25.6 Å². The molecular weight excluding hydrogens is 466 g/mol. The summed E-state index contributed by atoms with van der Waals surface area (Å²) in [5, 5.41) is 20.4. The van der Waals surface area contributed by atoms with E-state index in [9.17, 15) is 5.26 Å². The van der Waals surface area contributed by atoms with E-state index in [0.29, 0.717) is 34.7 Å². The third kappa shape index (κ3) is 5.35. The first-order valence-corrected chi connectivity index (χ1v) is 12.3. The summed E-state index contributed by atoms with van der Waals surface area (Å²) in [6.07, 6.45) is 4.43. The maximum atomic E-state index is 9.50. The lowest BCUT2D eigenvalue weighted by Crippen LogP contribution is -2.28. The van der Waals surface area contributed by atoms with Gasteiger partial charge in [0.1, 0.15) is 5.69 Å². The average molecular weight is 496 g/mol. The molecule has 1 unspecified atom stereocenters. The highest BCUT2D eigenvalue weighted by atomic mass is 16.5. The number of aromatic nitrogens is 4. The lowest BCUT2D eigenvalue weighted by atomic mass is 9.90. The zero-order valence-electron chi connectivity index (χ0n) is 21.2. The van der Waals surface area contributed by atoms with E-state index in [0.717, 1.165) is 43.0 Å². The molecule has 9 nitrogen and oxygen atoms in total. The highest BCUT2D eigenvalue weighted by molar-refractivity contribution is 5.74. The zero-order chi connectivity index (χ0) is 25.8. The summed E-state index contributed by atoms with van der Waals surface area (Å²) in [6.45, 7) is 6.08. The molecule has 0 aliphatic carbocycles. The Bertz CT molecular complexity index is 1420. The Labute approximate surface area is 215 Å². The molecule has 0 saturated carbocycles. The van der Waals surface area contributed by atoms with Gasteiger partial charge in [-0.25, -0.2) is 9.97 Å². The highest BCUT2D eigenvalue weighted by Gasteiger charge is 2.23. The molecule has 4 aromatic rings. The first-order valence-electron chi connectivity index (χ1n) is 12.3. The van der Waals surface area contributed by atoms with Crippen LogP contribution in [-0.4, -0.2) is 46.4 Å². The van der Waals surface area contributed by atoms with Crippen LogP contribution in [0.25, 0.3) is 34.0 Å². The van der Waals surface area contributed by atoms with Crippen LogP contribution in [0.4, 0.5) is 5.82 Å². The lowest BCUT2D eigenvalue weighted by Gasteiger charge is -2.15. The van der Waals surface area contributed by atoms with E-state index in [-0.39, 0.29) is 0 Å². The van der Waals surface area contributed by atoms with Gasteiger partial charge in [0, 0.05) is 49.6 Å². The van der Waals surface area contributed by atoms with E-state index in [1.807, 2.05) is 44.2 Å². The van der Waals surface area contributed by atoms with Crippen LogP contribution < -0.4 is 10.6 Å². The molecule has 37 heavy (non-hydrogen) atoms. The number of nitrogens with one attached hydrogen (secondary N) is 2. The molecular formula is C28H29N7O2. The van der Waals surface area contributed by atoms with Crippen LogP contribution in [-0.2, 0) is 16.7 Å².